The summed E-state index contributed by atoms with van der Waals surface area (Å²) in [6.45, 7) is 3.93. The maximum atomic E-state index is 12.2. The van der Waals surface area contributed by atoms with Crippen LogP contribution in [0.25, 0.3) is 0 Å². The minimum atomic E-state index is -0.126. The number of aliphatic imine (C=N–C) groups is 1. The number of nitrogens with one attached hydrogen (secondary N) is 3. The highest BCUT2D eigenvalue weighted by Crippen LogP contribution is 2.17. The van der Waals surface area contributed by atoms with Gasteiger partial charge in [-0.1, -0.05) is 30.3 Å². The van der Waals surface area contributed by atoms with Gasteiger partial charge in [-0.25, -0.2) is 0 Å². The lowest BCUT2D eigenvalue weighted by Crippen LogP contribution is -2.36. The summed E-state index contributed by atoms with van der Waals surface area (Å²) in [6.07, 6.45) is 3.40. The second-order valence-corrected chi connectivity index (χ2v) is 6.77. The number of rotatable bonds is 9. The maximum Gasteiger partial charge on any atom is 0.246 e. The third-order valence-corrected chi connectivity index (χ3v) is 4.48. The lowest BCUT2D eigenvalue weighted by Gasteiger charge is -2.15. The highest BCUT2D eigenvalue weighted by Gasteiger charge is 2.06. The standard InChI is InChI=1S/C23H28N6O2.HI/c1-3-31-21-11-5-4-9-19(21)16-26-23(24-2)25-15-18-8-6-10-20(14-18)28-22(30)17-29-13-7-12-27-29;/h4-14H,3,15-17H2,1-2H3,(H,28,30)(H2,24,25,26);1H. The molecule has 8 nitrogen and oxygen atoms in total. The van der Waals surface area contributed by atoms with E-state index in [0.29, 0.717) is 25.7 Å². The monoisotopic (exact) mass is 548 g/mol. The van der Waals surface area contributed by atoms with Gasteiger partial charge in [0.05, 0.1) is 6.61 Å². The van der Waals surface area contributed by atoms with Gasteiger partial charge < -0.3 is 20.7 Å². The van der Waals surface area contributed by atoms with Crippen molar-refractivity contribution in [3.63, 3.8) is 0 Å². The number of carbonyl (C=O) groups is 1. The third-order valence-electron chi connectivity index (χ3n) is 4.48. The first kappa shape index (κ1) is 25.2. The van der Waals surface area contributed by atoms with Crippen LogP contribution in [0.4, 0.5) is 5.69 Å². The normalized spacial score (nSPS) is 10.8. The van der Waals surface area contributed by atoms with Crippen LogP contribution in [0.2, 0.25) is 0 Å². The average Bonchev–Trinajstić information content (AvgIpc) is 3.28. The molecule has 0 fully saturated rings. The molecule has 0 aliphatic rings. The average molecular weight is 548 g/mol. The predicted molar refractivity (Wildman–Crippen MR) is 137 cm³/mol. The molecule has 1 aromatic heterocycles. The first-order chi connectivity index (χ1) is 15.2. The number of hydrogen-bond donors (Lipinski definition) is 3. The third kappa shape index (κ3) is 7.88. The Hall–Kier alpha value is -3.08. The highest BCUT2D eigenvalue weighted by atomic mass is 127. The Morgan fingerprint density at radius 3 is 2.66 bits per heavy atom. The zero-order chi connectivity index (χ0) is 21.9. The number of benzene rings is 2. The van der Waals surface area contributed by atoms with Gasteiger partial charge in [-0.3, -0.25) is 14.5 Å². The highest BCUT2D eigenvalue weighted by molar-refractivity contribution is 14.0. The van der Waals surface area contributed by atoms with Crippen LogP contribution in [0, 0.1) is 0 Å². The van der Waals surface area contributed by atoms with Crippen LogP contribution in [-0.4, -0.2) is 35.3 Å². The van der Waals surface area contributed by atoms with Crippen LogP contribution < -0.4 is 20.7 Å². The van der Waals surface area contributed by atoms with E-state index in [-0.39, 0.29) is 36.4 Å². The van der Waals surface area contributed by atoms with E-state index in [1.165, 1.54) is 0 Å². The molecule has 0 spiro atoms. The molecular formula is C23H29IN6O2. The smallest absolute Gasteiger partial charge is 0.246 e. The van der Waals surface area contributed by atoms with E-state index in [1.807, 2.05) is 55.5 Å². The lowest BCUT2D eigenvalue weighted by atomic mass is 10.2. The second-order valence-electron chi connectivity index (χ2n) is 6.77. The van der Waals surface area contributed by atoms with Crippen molar-refractivity contribution in [2.24, 2.45) is 4.99 Å². The molecule has 0 aliphatic carbocycles. The molecule has 0 saturated carbocycles. The Balaban J connectivity index is 0.00000363. The van der Waals surface area contributed by atoms with Crippen LogP contribution in [0.15, 0.2) is 72.0 Å². The fraction of sp³-hybridized carbons (Fsp3) is 0.261. The SMILES string of the molecule is CCOc1ccccc1CNC(=NC)NCc1cccc(NC(=O)Cn2cccn2)c1.I. The number of amides is 1. The molecule has 0 unspecified atom stereocenters. The molecule has 3 rings (SSSR count). The summed E-state index contributed by atoms with van der Waals surface area (Å²) < 4.78 is 7.25. The first-order valence-corrected chi connectivity index (χ1v) is 10.2. The van der Waals surface area contributed by atoms with Gasteiger partial charge >= 0.3 is 0 Å². The van der Waals surface area contributed by atoms with Crippen molar-refractivity contribution < 1.29 is 9.53 Å². The Labute approximate surface area is 205 Å². The van der Waals surface area contributed by atoms with E-state index >= 15 is 0 Å². The molecule has 0 saturated heterocycles. The van der Waals surface area contributed by atoms with Gasteiger partial charge in [0.1, 0.15) is 12.3 Å². The van der Waals surface area contributed by atoms with E-state index in [1.54, 1.807) is 30.2 Å². The van der Waals surface area contributed by atoms with Crippen molar-refractivity contribution in [2.75, 3.05) is 19.0 Å². The van der Waals surface area contributed by atoms with Crippen LogP contribution in [0.5, 0.6) is 5.75 Å². The molecule has 0 aliphatic heterocycles. The Morgan fingerprint density at radius 1 is 1.09 bits per heavy atom. The van der Waals surface area contributed by atoms with E-state index in [2.05, 4.69) is 26.0 Å². The van der Waals surface area contributed by atoms with Crippen LogP contribution >= 0.6 is 24.0 Å². The topological polar surface area (TPSA) is 92.6 Å². The van der Waals surface area contributed by atoms with Crippen LogP contribution in [0.3, 0.4) is 0 Å². The predicted octanol–water partition coefficient (Wildman–Crippen LogP) is 3.40. The molecule has 2 aromatic carbocycles. The lowest BCUT2D eigenvalue weighted by molar-refractivity contribution is -0.116. The van der Waals surface area contributed by atoms with Gasteiger partial charge in [-0.15, -0.1) is 24.0 Å². The molecule has 9 heteroatoms. The molecule has 0 bridgehead atoms. The zero-order valence-electron chi connectivity index (χ0n) is 18.2. The first-order valence-electron chi connectivity index (χ1n) is 10.2. The van der Waals surface area contributed by atoms with Crippen molar-refractivity contribution in [3.05, 3.63) is 78.1 Å². The van der Waals surface area contributed by atoms with Crippen molar-refractivity contribution in [1.29, 1.82) is 0 Å². The fourth-order valence-corrected chi connectivity index (χ4v) is 3.03. The minimum absolute atomic E-state index is 0. The van der Waals surface area contributed by atoms with Crippen LogP contribution in [0.1, 0.15) is 18.1 Å². The summed E-state index contributed by atoms with van der Waals surface area (Å²) in [6, 6.07) is 17.4. The summed E-state index contributed by atoms with van der Waals surface area (Å²) in [7, 11) is 1.73. The maximum absolute atomic E-state index is 12.2. The number of hydrogen-bond acceptors (Lipinski definition) is 4. The fourth-order valence-electron chi connectivity index (χ4n) is 3.03. The molecule has 32 heavy (non-hydrogen) atoms. The van der Waals surface area contributed by atoms with Gasteiger partial charge in [-0.2, -0.15) is 5.10 Å². The Kier molecular flexibility index (Phi) is 10.5. The van der Waals surface area contributed by atoms with E-state index in [9.17, 15) is 4.79 Å². The summed E-state index contributed by atoms with van der Waals surface area (Å²) in [5.41, 5.74) is 2.83. The van der Waals surface area contributed by atoms with Crippen molar-refractivity contribution in [1.82, 2.24) is 20.4 Å². The Bertz CT molecular complexity index is 1010. The number of anilines is 1. The largest absolute Gasteiger partial charge is 0.494 e. The number of guanidine groups is 1. The Morgan fingerprint density at radius 2 is 1.91 bits per heavy atom. The number of nitrogens with zero attached hydrogens (tertiary/aromatic N) is 3. The summed E-state index contributed by atoms with van der Waals surface area (Å²) in [5.74, 6) is 1.42. The number of aromatic nitrogens is 2. The summed E-state index contributed by atoms with van der Waals surface area (Å²) in [4.78, 5) is 16.5. The van der Waals surface area contributed by atoms with Gasteiger partial charge in [0, 0.05) is 43.8 Å². The van der Waals surface area contributed by atoms with Gasteiger partial charge in [-0.05, 0) is 36.8 Å². The molecule has 3 aromatic rings. The minimum Gasteiger partial charge on any atom is -0.494 e. The number of carbonyl (C=O) groups excluding carboxylic acids is 1. The van der Waals surface area contributed by atoms with Gasteiger partial charge in [0.15, 0.2) is 5.96 Å². The molecule has 170 valence electrons. The molecule has 1 amide bonds. The van der Waals surface area contributed by atoms with Crippen molar-refractivity contribution in [3.8, 4) is 5.75 Å². The zero-order valence-corrected chi connectivity index (χ0v) is 20.6. The molecule has 0 atom stereocenters. The van der Waals surface area contributed by atoms with Crippen molar-refractivity contribution >= 4 is 41.5 Å². The summed E-state index contributed by atoms with van der Waals surface area (Å²) >= 11 is 0. The number of para-hydroxylation sites is 1. The molecule has 0 radical (unpaired) electrons. The van der Waals surface area contributed by atoms with Gasteiger partial charge in [0.25, 0.3) is 0 Å². The van der Waals surface area contributed by atoms with E-state index in [0.717, 1.165) is 22.6 Å². The van der Waals surface area contributed by atoms with Crippen LogP contribution in [-0.2, 0) is 24.4 Å². The molecular weight excluding hydrogens is 519 g/mol. The molecule has 3 N–H and O–H groups in total. The second kappa shape index (κ2) is 13.4. The van der Waals surface area contributed by atoms with Gasteiger partial charge in [0.2, 0.25) is 5.91 Å². The number of halogens is 1. The van der Waals surface area contributed by atoms with E-state index < -0.39 is 0 Å². The quantitative estimate of drug-likeness (QED) is 0.217. The number of ether oxygens (including phenoxy) is 1. The van der Waals surface area contributed by atoms with Crippen molar-refractivity contribution in [2.45, 2.75) is 26.6 Å². The molecule has 1 heterocycles. The van der Waals surface area contributed by atoms with E-state index in [4.69, 9.17) is 4.74 Å². The summed E-state index contributed by atoms with van der Waals surface area (Å²) in [5, 5.41) is 13.5.